The maximum atomic E-state index is 12.9. The lowest BCUT2D eigenvalue weighted by Crippen LogP contribution is -2.26. The van der Waals surface area contributed by atoms with Crippen molar-refractivity contribution in [1.29, 1.82) is 5.26 Å². The Morgan fingerprint density at radius 1 is 1.17 bits per heavy atom. The first-order valence-corrected chi connectivity index (χ1v) is 11.3. The van der Waals surface area contributed by atoms with E-state index in [1.807, 2.05) is 12.3 Å². The van der Waals surface area contributed by atoms with Crippen LogP contribution in [0.15, 0.2) is 23.3 Å². The molecule has 1 aliphatic heterocycles. The van der Waals surface area contributed by atoms with E-state index in [4.69, 9.17) is 0 Å². The van der Waals surface area contributed by atoms with E-state index in [1.54, 1.807) is 28.2 Å². The first-order valence-electron chi connectivity index (χ1n) is 10.5. The SMILES string of the molecule is N#Cc1cc2cnc(Nc3cnc(C4CCNCC4)s3)nc2n(C2CCCC2)c1=O. The van der Waals surface area contributed by atoms with Gasteiger partial charge in [-0.2, -0.15) is 10.2 Å². The van der Waals surface area contributed by atoms with E-state index in [-0.39, 0.29) is 17.2 Å². The summed E-state index contributed by atoms with van der Waals surface area (Å²) in [6.45, 7) is 2.06. The number of thiazole rings is 1. The first-order chi connectivity index (χ1) is 14.7. The van der Waals surface area contributed by atoms with Crippen molar-refractivity contribution in [2.45, 2.75) is 50.5 Å². The van der Waals surface area contributed by atoms with Gasteiger partial charge in [0.25, 0.3) is 5.56 Å². The van der Waals surface area contributed by atoms with Gasteiger partial charge in [0.05, 0.1) is 11.2 Å². The Balaban J connectivity index is 1.49. The molecule has 154 valence electrons. The van der Waals surface area contributed by atoms with Gasteiger partial charge >= 0.3 is 0 Å². The van der Waals surface area contributed by atoms with E-state index >= 15 is 0 Å². The molecular weight excluding hydrogens is 398 g/mol. The van der Waals surface area contributed by atoms with Crippen molar-refractivity contribution >= 4 is 33.3 Å². The minimum Gasteiger partial charge on any atom is -0.317 e. The number of fused-ring (bicyclic) bond motifs is 1. The van der Waals surface area contributed by atoms with Crippen molar-refractivity contribution in [3.63, 3.8) is 0 Å². The van der Waals surface area contributed by atoms with Gasteiger partial charge in [0.15, 0.2) is 0 Å². The van der Waals surface area contributed by atoms with Gasteiger partial charge in [-0.15, -0.1) is 11.3 Å². The third-order valence-corrected chi connectivity index (χ3v) is 7.11. The molecule has 1 aliphatic carbocycles. The summed E-state index contributed by atoms with van der Waals surface area (Å²) in [4.78, 5) is 26.6. The zero-order chi connectivity index (χ0) is 20.5. The molecule has 5 rings (SSSR count). The highest BCUT2D eigenvalue weighted by molar-refractivity contribution is 7.15. The monoisotopic (exact) mass is 421 g/mol. The molecule has 0 radical (unpaired) electrons. The number of piperidine rings is 1. The Hall–Kier alpha value is -2.83. The molecule has 30 heavy (non-hydrogen) atoms. The molecular formula is C21H23N7OS. The minimum atomic E-state index is -0.257. The number of rotatable bonds is 4. The van der Waals surface area contributed by atoms with E-state index < -0.39 is 0 Å². The molecule has 0 aromatic carbocycles. The molecule has 0 bridgehead atoms. The molecule has 4 heterocycles. The van der Waals surface area contributed by atoms with Gasteiger partial charge in [-0.05, 0) is 44.8 Å². The molecule has 2 aliphatic rings. The summed E-state index contributed by atoms with van der Waals surface area (Å²) in [5.41, 5.74) is 0.479. The number of hydrogen-bond donors (Lipinski definition) is 2. The third-order valence-electron chi connectivity index (χ3n) is 6.03. The molecule has 3 aromatic heterocycles. The lowest BCUT2D eigenvalue weighted by Gasteiger charge is -2.20. The average molecular weight is 422 g/mol. The van der Waals surface area contributed by atoms with Crippen LogP contribution in [-0.2, 0) is 0 Å². The van der Waals surface area contributed by atoms with Gasteiger partial charge in [0, 0.05) is 23.5 Å². The van der Waals surface area contributed by atoms with E-state index in [0.717, 1.165) is 61.6 Å². The van der Waals surface area contributed by atoms with Gasteiger partial charge in [0.1, 0.15) is 22.3 Å². The number of pyridine rings is 1. The molecule has 1 saturated heterocycles. The Labute approximate surface area is 178 Å². The molecule has 8 nitrogen and oxygen atoms in total. The highest BCUT2D eigenvalue weighted by Crippen LogP contribution is 2.33. The second kappa shape index (κ2) is 8.13. The Kier molecular flexibility index (Phi) is 5.19. The van der Waals surface area contributed by atoms with E-state index in [2.05, 4.69) is 25.6 Å². The van der Waals surface area contributed by atoms with Crippen molar-refractivity contribution in [2.24, 2.45) is 0 Å². The van der Waals surface area contributed by atoms with Crippen LogP contribution in [0.1, 0.15) is 61.1 Å². The van der Waals surface area contributed by atoms with Crippen molar-refractivity contribution in [3.8, 4) is 6.07 Å². The topological polar surface area (TPSA) is 109 Å². The van der Waals surface area contributed by atoms with Crippen LogP contribution in [0.25, 0.3) is 11.0 Å². The number of nitrogens with one attached hydrogen (secondary N) is 2. The fourth-order valence-electron chi connectivity index (χ4n) is 4.47. The molecule has 0 amide bonds. The minimum absolute atomic E-state index is 0.0889. The van der Waals surface area contributed by atoms with Gasteiger partial charge < -0.3 is 10.6 Å². The summed E-state index contributed by atoms with van der Waals surface area (Å²) in [6, 6.07) is 3.70. The normalized spacial score (nSPS) is 18.0. The van der Waals surface area contributed by atoms with Crippen LogP contribution in [0.5, 0.6) is 0 Å². The largest absolute Gasteiger partial charge is 0.317 e. The predicted molar refractivity (Wildman–Crippen MR) is 116 cm³/mol. The molecule has 0 atom stereocenters. The standard InChI is InChI=1S/C21H23N7OS/c22-10-14-9-15-11-25-21(27-18(15)28(20(14)29)16-3-1-2-4-16)26-17-12-24-19(30-17)13-5-7-23-8-6-13/h9,11-13,16,23H,1-8H2,(H,25,26,27). The fourth-order valence-corrected chi connectivity index (χ4v) is 5.46. The fraction of sp³-hybridized carbons (Fsp3) is 0.476. The van der Waals surface area contributed by atoms with Gasteiger partial charge in [0.2, 0.25) is 5.95 Å². The zero-order valence-corrected chi connectivity index (χ0v) is 17.4. The van der Waals surface area contributed by atoms with Gasteiger partial charge in [-0.1, -0.05) is 12.8 Å². The quantitative estimate of drug-likeness (QED) is 0.664. The van der Waals surface area contributed by atoms with Crippen LogP contribution in [0.4, 0.5) is 10.9 Å². The van der Waals surface area contributed by atoms with E-state index in [9.17, 15) is 10.1 Å². The Morgan fingerprint density at radius 3 is 2.73 bits per heavy atom. The summed E-state index contributed by atoms with van der Waals surface area (Å²) >= 11 is 1.64. The smallest absolute Gasteiger partial charge is 0.270 e. The second-order valence-corrected chi connectivity index (χ2v) is 9.03. The number of anilines is 2. The maximum absolute atomic E-state index is 12.9. The van der Waals surface area contributed by atoms with Crippen molar-refractivity contribution < 1.29 is 0 Å². The average Bonchev–Trinajstić information content (AvgIpc) is 3.46. The van der Waals surface area contributed by atoms with Gasteiger partial charge in [-0.25, -0.2) is 9.97 Å². The lowest BCUT2D eigenvalue weighted by molar-refractivity contribution is 0.459. The molecule has 3 aromatic rings. The van der Waals surface area contributed by atoms with Gasteiger partial charge in [-0.3, -0.25) is 9.36 Å². The molecule has 2 fully saturated rings. The third kappa shape index (κ3) is 3.57. The van der Waals surface area contributed by atoms with Crippen LogP contribution in [0, 0.1) is 11.3 Å². The van der Waals surface area contributed by atoms with Crippen LogP contribution < -0.4 is 16.2 Å². The molecule has 2 N–H and O–H groups in total. The number of hydrogen-bond acceptors (Lipinski definition) is 8. The number of nitrogens with zero attached hydrogens (tertiary/aromatic N) is 5. The second-order valence-electron chi connectivity index (χ2n) is 7.97. The van der Waals surface area contributed by atoms with Crippen LogP contribution in [0.3, 0.4) is 0 Å². The maximum Gasteiger partial charge on any atom is 0.270 e. The van der Waals surface area contributed by atoms with E-state index in [0.29, 0.717) is 22.9 Å². The summed E-state index contributed by atoms with van der Waals surface area (Å²) in [5.74, 6) is 0.945. The van der Waals surface area contributed by atoms with Crippen molar-refractivity contribution in [3.05, 3.63) is 39.4 Å². The summed E-state index contributed by atoms with van der Waals surface area (Å²) in [6.07, 6.45) is 9.78. The zero-order valence-electron chi connectivity index (χ0n) is 16.6. The van der Waals surface area contributed by atoms with Crippen molar-refractivity contribution in [2.75, 3.05) is 18.4 Å². The Bertz CT molecular complexity index is 1170. The number of aromatic nitrogens is 4. The van der Waals surface area contributed by atoms with Crippen LogP contribution in [0.2, 0.25) is 0 Å². The Morgan fingerprint density at radius 2 is 1.97 bits per heavy atom. The summed E-state index contributed by atoms with van der Waals surface area (Å²) < 4.78 is 1.71. The van der Waals surface area contributed by atoms with Crippen LogP contribution >= 0.6 is 11.3 Å². The lowest BCUT2D eigenvalue weighted by atomic mass is 9.99. The summed E-state index contributed by atoms with van der Waals surface area (Å²) in [7, 11) is 0. The van der Waals surface area contributed by atoms with E-state index in [1.165, 1.54) is 0 Å². The first kappa shape index (κ1) is 19.2. The predicted octanol–water partition coefficient (Wildman–Crippen LogP) is 3.45. The van der Waals surface area contributed by atoms with Crippen LogP contribution in [-0.4, -0.2) is 32.6 Å². The molecule has 0 unspecified atom stereocenters. The highest BCUT2D eigenvalue weighted by Gasteiger charge is 2.23. The molecule has 9 heteroatoms. The van der Waals surface area contributed by atoms with Crippen molar-refractivity contribution in [1.82, 2.24) is 24.8 Å². The highest BCUT2D eigenvalue weighted by atomic mass is 32.1. The molecule has 1 saturated carbocycles. The molecule has 0 spiro atoms. The number of nitriles is 1. The summed E-state index contributed by atoms with van der Waals surface area (Å²) in [5, 5.41) is 18.8.